The summed E-state index contributed by atoms with van der Waals surface area (Å²) in [6.07, 6.45) is 0. The molecule has 3 rings (SSSR count). The molecular weight excluding hydrogens is 258 g/mol. The summed E-state index contributed by atoms with van der Waals surface area (Å²) in [5.41, 5.74) is 2.07. The third kappa shape index (κ3) is 2.48. The average Bonchev–Trinajstić information content (AvgIpc) is 2.74. The second kappa shape index (κ2) is 5.38. The second-order valence-corrected chi connectivity index (χ2v) is 5.19. The molecule has 0 unspecified atom stereocenters. The van der Waals surface area contributed by atoms with Gasteiger partial charge in [-0.25, -0.2) is 4.79 Å². The fraction of sp³-hybridized carbons (Fsp3) is 0.571. The van der Waals surface area contributed by atoms with Gasteiger partial charge in [0.1, 0.15) is 0 Å². The van der Waals surface area contributed by atoms with Crippen LogP contribution in [0.1, 0.15) is 11.3 Å². The van der Waals surface area contributed by atoms with E-state index in [1.165, 1.54) is 6.07 Å². The minimum Gasteiger partial charge on any atom is -0.402 e. The molecule has 2 aromatic heterocycles. The summed E-state index contributed by atoms with van der Waals surface area (Å²) in [6, 6.07) is 1.52. The highest BCUT2D eigenvalue weighted by Crippen LogP contribution is 2.19. The maximum Gasteiger partial charge on any atom is 0.337 e. The van der Waals surface area contributed by atoms with Crippen molar-refractivity contribution >= 4 is 11.1 Å². The van der Waals surface area contributed by atoms with Crippen LogP contribution in [0.5, 0.6) is 0 Å². The van der Waals surface area contributed by atoms with Crippen molar-refractivity contribution in [3.05, 3.63) is 27.7 Å². The van der Waals surface area contributed by atoms with Crippen LogP contribution < -0.4 is 5.63 Å². The van der Waals surface area contributed by atoms with Gasteiger partial charge in [0.15, 0.2) is 0 Å². The van der Waals surface area contributed by atoms with Gasteiger partial charge in [-0.2, -0.15) is 0 Å². The highest BCUT2D eigenvalue weighted by atomic mass is 16.5. The summed E-state index contributed by atoms with van der Waals surface area (Å²) >= 11 is 0. The first-order valence-corrected chi connectivity index (χ1v) is 6.93. The Morgan fingerprint density at radius 2 is 2.00 bits per heavy atom. The monoisotopic (exact) mass is 277 g/mol. The molecule has 0 radical (unpaired) electrons. The number of nitrogens with zero attached hydrogens (tertiary/aromatic N) is 3. The minimum absolute atomic E-state index is 0.340. The maximum absolute atomic E-state index is 11.4. The summed E-state index contributed by atoms with van der Waals surface area (Å²) in [7, 11) is 0. The normalized spacial score (nSPS) is 16.9. The van der Waals surface area contributed by atoms with E-state index in [1.54, 1.807) is 0 Å². The van der Waals surface area contributed by atoms with Crippen LogP contribution in [-0.4, -0.2) is 47.5 Å². The third-order valence-corrected chi connectivity index (χ3v) is 3.83. The Labute approximate surface area is 116 Å². The lowest BCUT2D eigenvalue weighted by molar-refractivity contribution is 0.0359. The van der Waals surface area contributed by atoms with Gasteiger partial charge < -0.3 is 9.15 Å². The predicted octanol–water partition coefficient (Wildman–Crippen LogP) is 0.939. The summed E-state index contributed by atoms with van der Waals surface area (Å²) in [6.45, 7) is 9.19. The summed E-state index contributed by atoms with van der Waals surface area (Å²) in [4.78, 5) is 13.8. The zero-order valence-electron chi connectivity index (χ0n) is 11.9. The molecule has 1 aliphatic heterocycles. The number of ether oxygens (including phenoxy) is 1. The molecule has 0 aliphatic carbocycles. The first-order valence-electron chi connectivity index (χ1n) is 6.93. The topological polar surface area (TPSA) is 60.5 Å². The highest BCUT2D eigenvalue weighted by Gasteiger charge is 2.15. The van der Waals surface area contributed by atoms with Gasteiger partial charge in [0, 0.05) is 31.4 Å². The van der Waals surface area contributed by atoms with Crippen LogP contribution in [0.25, 0.3) is 11.1 Å². The fourth-order valence-electron chi connectivity index (χ4n) is 2.70. The van der Waals surface area contributed by atoms with E-state index in [0.29, 0.717) is 5.71 Å². The van der Waals surface area contributed by atoms with Gasteiger partial charge in [0.2, 0.25) is 5.71 Å². The van der Waals surface area contributed by atoms with Gasteiger partial charge >= 0.3 is 5.63 Å². The van der Waals surface area contributed by atoms with Crippen molar-refractivity contribution in [2.45, 2.75) is 20.4 Å². The largest absolute Gasteiger partial charge is 0.402 e. The van der Waals surface area contributed by atoms with Crippen LogP contribution in [0.15, 0.2) is 15.3 Å². The van der Waals surface area contributed by atoms with E-state index < -0.39 is 0 Å². The number of hydrogen-bond donors (Lipinski definition) is 0. The van der Waals surface area contributed by atoms with E-state index in [0.717, 1.165) is 56.0 Å². The van der Waals surface area contributed by atoms with Gasteiger partial charge in [0.05, 0.1) is 25.1 Å². The van der Waals surface area contributed by atoms with E-state index in [9.17, 15) is 4.79 Å². The van der Waals surface area contributed by atoms with Crippen molar-refractivity contribution in [1.82, 2.24) is 14.7 Å². The van der Waals surface area contributed by atoms with E-state index in [2.05, 4.69) is 10.00 Å². The Bertz CT molecular complexity index is 668. The molecule has 20 heavy (non-hydrogen) atoms. The molecule has 0 N–H and O–H groups in total. The zero-order valence-corrected chi connectivity index (χ0v) is 11.9. The molecule has 1 aliphatic rings. The lowest BCUT2D eigenvalue weighted by Crippen LogP contribution is -2.38. The molecule has 0 aromatic carbocycles. The number of morpholine rings is 1. The van der Waals surface area contributed by atoms with Gasteiger partial charge in [-0.15, -0.1) is 5.10 Å². The lowest BCUT2D eigenvalue weighted by atomic mass is 10.2. The second-order valence-electron chi connectivity index (χ2n) is 5.19. The zero-order chi connectivity index (χ0) is 14.1. The quantitative estimate of drug-likeness (QED) is 0.835. The molecule has 3 heterocycles. The highest BCUT2D eigenvalue weighted by molar-refractivity contribution is 5.79. The van der Waals surface area contributed by atoms with Crippen LogP contribution in [0.4, 0.5) is 0 Å². The summed E-state index contributed by atoms with van der Waals surface area (Å²) < 4.78 is 12.4. The fourth-order valence-corrected chi connectivity index (χ4v) is 2.70. The van der Waals surface area contributed by atoms with Gasteiger partial charge in [-0.05, 0) is 19.4 Å². The Balaban J connectivity index is 1.83. The van der Waals surface area contributed by atoms with E-state index in [1.807, 2.05) is 18.5 Å². The Kier molecular flexibility index (Phi) is 3.58. The molecule has 1 fully saturated rings. The van der Waals surface area contributed by atoms with E-state index in [4.69, 9.17) is 9.15 Å². The maximum atomic E-state index is 11.4. The molecule has 6 nitrogen and oxygen atoms in total. The average molecular weight is 277 g/mol. The van der Waals surface area contributed by atoms with Crippen LogP contribution in [-0.2, 0) is 11.3 Å². The van der Waals surface area contributed by atoms with Crippen molar-refractivity contribution in [1.29, 1.82) is 0 Å². The van der Waals surface area contributed by atoms with Crippen molar-refractivity contribution in [2.75, 3.05) is 32.8 Å². The Morgan fingerprint density at radius 3 is 2.75 bits per heavy atom. The number of hydrogen-bond acceptors (Lipinski definition) is 5. The number of aromatic nitrogens is 2. The first-order chi connectivity index (χ1) is 9.65. The number of rotatable bonds is 3. The van der Waals surface area contributed by atoms with Gasteiger partial charge in [-0.1, -0.05) is 0 Å². The van der Waals surface area contributed by atoms with Crippen molar-refractivity contribution in [2.24, 2.45) is 0 Å². The van der Waals surface area contributed by atoms with E-state index in [-0.39, 0.29) is 5.63 Å². The van der Waals surface area contributed by atoms with Crippen LogP contribution in [0.3, 0.4) is 0 Å². The lowest BCUT2D eigenvalue weighted by Gasteiger charge is -2.26. The first kappa shape index (κ1) is 13.3. The standard InChI is InChI=1S/C14H19N3O3/c1-10-9-12(18)20-14-13(10)11(2)17(15-14)4-3-16-5-7-19-8-6-16/h9H,3-8H2,1-2H3. The van der Waals surface area contributed by atoms with Crippen molar-refractivity contribution in [3.8, 4) is 0 Å². The van der Waals surface area contributed by atoms with Crippen LogP contribution >= 0.6 is 0 Å². The molecular formula is C14H19N3O3. The minimum atomic E-state index is -0.340. The molecule has 6 heteroatoms. The molecule has 0 atom stereocenters. The molecule has 2 aromatic rings. The van der Waals surface area contributed by atoms with Crippen molar-refractivity contribution in [3.63, 3.8) is 0 Å². The molecule has 0 saturated carbocycles. The SMILES string of the molecule is Cc1cc(=O)oc2nn(CCN3CCOCC3)c(C)c12. The Hall–Kier alpha value is -1.66. The van der Waals surface area contributed by atoms with Gasteiger partial charge in [0.25, 0.3) is 0 Å². The molecule has 108 valence electrons. The summed E-state index contributed by atoms with van der Waals surface area (Å²) in [5, 5.41) is 5.36. The summed E-state index contributed by atoms with van der Waals surface area (Å²) in [5.74, 6) is 0. The smallest absolute Gasteiger partial charge is 0.337 e. The molecule has 1 saturated heterocycles. The van der Waals surface area contributed by atoms with E-state index >= 15 is 0 Å². The molecule has 0 amide bonds. The van der Waals surface area contributed by atoms with Crippen molar-refractivity contribution < 1.29 is 9.15 Å². The third-order valence-electron chi connectivity index (χ3n) is 3.83. The predicted molar refractivity (Wildman–Crippen MR) is 75.0 cm³/mol. The van der Waals surface area contributed by atoms with Crippen LogP contribution in [0.2, 0.25) is 0 Å². The number of fused-ring (bicyclic) bond motifs is 1. The molecule has 0 bridgehead atoms. The number of aryl methyl sites for hydroxylation is 2. The van der Waals surface area contributed by atoms with Gasteiger partial charge in [-0.3, -0.25) is 9.58 Å². The molecule has 0 spiro atoms. The van der Waals surface area contributed by atoms with Crippen LogP contribution in [0, 0.1) is 13.8 Å². The Morgan fingerprint density at radius 1 is 1.25 bits per heavy atom.